The molecule has 0 bridgehead atoms. The monoisotopic (exact) mass is 322 g/mol. The molecule has 2 aromatic carbocycles. The van der Waals surface area contributed by atoms with E-state index in [4.69, 9.17) is 0 Å². The number of hydrogen-bond donors (Lipinski definition) is 0. The highest BCUT2D eigenvalue weighted by Crippen LogP contribution is 2.18. The summed E-state index contributed by atoms with van der Waals surface area (Å²) in [5.74, 6) is 0.0360. The lowest BCUT2D eigenvalue weighted by Crippen LogP contribution is -2.52. The number of nitrogens with zero attached hydrogens (tertiary/aromatic N) is 2. The third kappa shape index (κ3) is 3.82. The van der Waals surface area contributed by atoms with Gasteiger partial charge in [-0.3, -0.25) is 9.59 Å². The van der Waals surface area contributed by atoms with Crippen LogP contribution in [0.2, 0.25) is 0 Å². The summed E-state index contributed by atoms with van der Waals surface area (Å²) in [6.07, 6.45) is 1.16. The van der Waals surface area contributed by atoms with Crippen LogP contribution in [0.4, 0.5) is 5.69 Å². The van der Waals surface area contributed by atoms with Crippen LogP contribution in [-0.4, -0.2) is 36.3 Å². The van der Waals surface area contributed by atoms with Gasteiger partial charge in [0.2, 0.25) is 11.8 Å². The maximum Gasteiger partial charge on any atom is 0.246 e. The fourth-order valence-electron chi connectivity index (χ4n) is 2.94. The molecule has 124 valence electrons. The van der Waals surface area contributed by atoms with Crippen molar-refractivity contribution in [1.29, 1.82) is 0 Å². The van der Waals surface area contributed by atoms with Crippen LogP contribution in [0.1, 0.15) is 17.5 Å². The van der Waals surface area contributed by atoms with Crippen LogP contribution in [0.5, 0.6) is 0 Å². The maximum absolute atomic E-state index is 12.4. The Morgan fingerprint density at radius 1 is 1.00 bits per heavy atom. The number of carbonyl (C=O) groups excluding carboxylic acids is 2. The molecule has 4 heteroatoms. The van der Waals surface area contributed by atoms with E-state index in [1.807, 2.05) is 61.5 Å². The molecule has 24 heavy (non-hydrogen) atoms. The normalized spacial score (nSPS) is 14.8. The van der Waals surface area contributed by atoms with Crippen molar-refractivity contribution in [2.45, 2.75) is 19.8 Å². The predicted molar refractivity (Wildman–Crippen MR) is 94.9 cm³/mol. The average Bonchev–Trinajstić information content (AvgIpc) is 2.61. The van der Waals surface area contributed by atoms with Gasteiger partial charge in [0.25, 0.3) is 0 Å². The summed E-state index contributed by atoms with van der Waals surface area (Å²) in [5, 5.41) is 0. The van der Waals surface area contributed by atoms with Gasteiger partial charge in [-0.1, -0.05) is 48.0 Å². The van der Waals surface area contributed by atoms with Crippen molar-refractivity contribution in [3.63, 3.8) is 0 Å². The largest absolute Gasteiger partial charge is 0.332 e. The van der Waals surface area contributed by atoms with E-state index in [-0.39, 0.29) is 18.4 Å². The van der Waals surface area contributed by atoms with Crippen molar-refractivity contribution in [2.75, 3.05) is 24.5 Å². The Morgan fingerprint density at radius 2 is 1.71 bits per heavy atom. The molecule has 0 aliphatic carbocycles. The lowest BCUT2D eigenvalue weighted by molar-refractivity contribution is -0.136. The van der Waals surface area contributed by atoms with Crippen LogP contribution in [0.25, 0.3) is 0 Å². The summed E-state index contributed by atoms with van der Waals surface area (Å²) in [4.78, 5) is 28.2. The number of rotatable bonds is 4. The fraction of sp³-hybridized carbons (Fsp3) is 0.300. The third-order valence-electron chi connectivity index (χ3n) is 4.39. The molecule has 1 aliphatic rings. The van der Waals surface area contributed by atoms with Gasteiger partial charge in [0.15, 0.2) is 0 Å². The lowest BCUT2D eigenvalue weighted by Gasteiger charge is -2.34. The molecule has 4 nitrogen and oxygen atoms in total. The minimum Gasteiger partial charge on any atom is -0.332 e. The topological polar surface area (TPSA) is 40.6 Å². The average molecular weight is 322 g/mol. The number of carbonyl (C=O) groups is 2. The van der Waals surface area contributed by atoms with Gasteiger partial charge in [0.05, 0.1) is 0 Å². The molecule has 2 aromatic rings. The van der Waals surface area contributed by atoms with Gasteiger partial charge in [0, 0.05) is 25.2 Å². The molecule has 1 fully saturated rings. The zero-order valence-electron chi connectivity index (χ0n) is 13.9. The molecule has 0 saturated carbocycles. The van der Waals surface area contributed by atoms with Crippen molar-refractivity contribution in [1.82, 2.24) is 4.90 Å². The van der Waals surface area contributed by atoms with Crippen LogP contribution in [-0.2, 0) is 16.0 Å². The van der Waals surface area contributed by atoms with E-state index in [1.54, 1.807) is 9.80 Å². The second-order valence-electron chi connectivity index (χ2n) is 6.18. The quantitative estimate of drug-likeness (QED) is 0.868. The van der Waals surface area contributed by atoms with Crippen molar-refractivity contribution in [2.24, 2.45) is 0 Å². The van der Waals surface area contributed by atoms with E-state index in [2.05, 4.69) is 0 Å². The maximum atomic E-state index is 12.4. The first-order valence-corrected chi connectivity index (χ1v) is 8.32. The van der Waals surface area contributed by atoms with Crippen LogP contribution < -0.4 is 4.90 Å². The second kappa shape index (κ2) is 7.30. The Hall–Kier alpha value is -2.62. The number of hydrogen-bond acceptors (Lipinski definition) is 2. The molecule has 3 rings (SSSR count). The van der Waals surface area contributed by atoms with Gasteiger partial charge in [-0.15, -0.1) is 0 Å². The summed E-state index contributed by atoms with van der Waals surface area (Å²) in [6, 6.07) is 17.9. The summed E-state index contributed by atoms with van der Waals surface area (Å²) in [7, 11) is 0. The third-order valence-corrected chi connectivity index (χ3v) is 4.39. The van der Waals surface area contributed by atoms with Gasteiger partial charge in [-0.2, -0.15) is 0 Å². The van der Waals surface area contributed by atoms with E-state index >= 15 is 0 Å². The first-order valence-electron chi connectivity index (χ1n) is 8.32. The molecule has 1 saturated heterocycles. The SMILES string of the molecule is Cc1ccc(N2CCN(C(=O)CCc3ccccc3)CC2=O)cc1. The van der Waals surface area contributed by atoms with Crippen molar-refractivity contribution >= 4 is 17.5 Å². The molecule has 0 radical (unpaired) electrons. The van der Waals surface area contributed by atoms with Crippen molar-refractivity contribution in [3.8, 4) is 0 Å². The fourth-order valence-corrected chi connectivity index (χ4v) is 2.94. The van der Waals surface area contributed by atoms with Gasteiger partial charge >= 0.3 is 0 Å². The van der Waals surface area contributed by atoms with Crippen molar-refractivity contribution in [3.05, 3.63) is 65.7 Å². The number of aryl methyl sites for hydroxylation is 2. The predicted octanol–water partition coefficient (Wildman–Crippen LogP) is 2.80. The minimum atomic E-state index is -0.0156. The highest BCUT2D eigenvalue weighted by Gasteiger charge is 2.27. The summed E-state index contributed by atoms with van der Waals surface area (Å²) in [5.41, 5.74) is 3.22. The molecule has 0 unspecified atom stereocenters. The second-order valence-corrected chi connectivity index (χ2v) is 6.18. The molecule has 2 amide bonds. The molecular formula is C20H22N2O2. The zero-order valence-corrected chi connectivity index (χ0v) is 13.9. The standard InChI is InChI=1S/C20H22N2O2/c1-16-7-10-18(11-8-16)22-14-13-21(15-20(22)24)19(23)12-9-17-5-3-2-4-6-17/h2-8,10-11H,9,12-15H2,1H3. The van der Waals surface area contributed by atoms with E-state index in [1.165, 1.54) is 5.56 Å². The molecule has 1 aliphatic heterocycles. The summed E-state index contributed by atoms with van der Waals surface area (Å²) >= 11 is 0. The molecule has 0 atom stereocenters. The molecule has 0 aromatic heterocycles. The molecule has 0 spiro atoms. The minimum absolute atomic E-state index is 0.0156. The van der Waals surface area contributed by atoms with Gasteiger partial charge in [-0.05, 0) is 31.0 Å². The summed E-state index contributed by atoms with van der Waals surface area (Å²) in [6.45, 7) is 3.34. The Morgan fingerprint density at radius 3 is 2.38 bits per heavy atom. The Bertz CT molecular complexity index is 710. The van der Waals surface area contributed by atoms with Crippen LogP contribution in [0.15, 0.2) is 54.6 Å². The molecule has 1 heterocycles. The molecular weight excluding hydrogens is 300 g/mol. The van der Waals surface area contributed by atoms with Crippen LogP contribution in [0, 0.1) is 6.92 Å². The Balaban J connectivity index is 1.55. The number of anilines is 1. The van der Waals surface area contributed by atoms with Gasteiger partial charge in [0.1, 0.15) is 6.54 Å². The number of benzene rings is 2. The number of amides is 2. The Kier molecular flexibility index (Phi) is 4.94. The van der Waals surface area contributed by atoms with Gasteiger partial charge in [-0.25, -0.2) is 0 Å². The van der Waals surface area contributed by atoms with E-state index < -0.39 is 0 Å². The summed E-state index contributed by atoms with van der Waals surface area (Å²) < 4.78 is 0. The zero-order chi connectivity index (χ0) is 16.9. The number of piperazine rings is 1. The van der Waals surface area contributed by atoms with E-state index in [9.17, 15) is 9.59 Å². The lowest BCUT2D eigenvalue weighted by atomic mass is 10.1. The highest BCUT2D eigenvalue weighted by atomic mass is 16.2. The first-order chi connectivity index (χ1) is 11.6. The van der Waals surface area contributed by atoms with Gasteiger partial charge < -0.3 is 9.80 Å². The van der Waals surface area contributed by atoms with E-state index in [0.717, 1.165) is 11.3 Å². The van der Waals surface area contributed by atoms with Crippen LogP contribution >= 0.6 is 0 Å². The van der Waals surface area contributed by atoms with Crippen molar-refractivity contribution < 1.29 is 9.59 Å². The molecule has 0 N–H and O–H groups in total. The highest BCUT2D eigenvalue weighted by molar-refractivity contribution is 5.97. The Labute approximate surface area is 142 Å². The van der Waals surface area contributed by atoms with Crippen LogP contribution in [0.3, 0.4) is 0 Å². The van der Waals surface area contributed by atoms with E-state index in [0.29, 0.717) is 25.9 Å². The first kappa shape index (κ1) is 16.2. The smallest absolute Gasteiger partial charge is 0.246 e.